The molecule has 0 radical (unpaired) electrons. The van der Waals surface area contributed by atoms with Crippen molar-refractivity contribution in [1.82, 2.24) is 29.9 Å². The van der Waals surface area contributed by atoms with Crippen molar-refractivity contribution in [3.8, 4) is 11.5 Å². The predicted octanol–water partition coefficient (Wildman–Crippen LogP) is 4.61. The van der Waals surface area contributed by atoms with Crippen molar-refractivity contribution in [1.29, 1.82) is 0 Å². The molecule has 4 aromatic heterocycles. The van der Waals surface area contributed by atoms with E-state index >= 15 is 0 Å². The molecule has 350 valence electrons. The number of ether oxygens (including phenoxy) is 7. The zero-order valence-electron chi connectivity index (χ0n) is 36.8. The van der Waals surface area contributed by atoms with E-state index in [-0.39, 0.29) is 22.7 Å². The molecule has 6 aliphatic heterocycles. The minimum Gasteiger partial charge on any atom is -0.486 e. The van der Waals surface area contributed by atoms with Gasteiger partial charge in [0.1, 0.15) is 47.8 Å². The quantitative estimate of drug-likeness (QED) is 0.123. The lowest BCUT2D eigenvalue weighted by molar-refractivity contribution is -0.0415. The fourth-order valence-corrected chi connectivity index (χ4v) is 11.5. The van der Waals surface area contributed by atoms with Crippen molar-refractivity contribution in [3.05, 3.63) is 42.1 Å². The summed E-state index contributed by atoms with van der Waals surface area (Å²) in [4.78, 5) is 35.7. The van der Waals surface area contributed by atoms with Gasteiger partial charge in [-0.2, -0.15) is 0 Å². The van der Waals surface area contributed by atoms with Gasteiger partial charge in [0.15, 0.2) is 34.8 Å². The third kappa shape index (κ3) is 9.94. The Bertz CT molecular complexity index is 2280. The van der Waals surface area contributed by atoms with Crippen LogP contribution in [0.4, 0.5) is 29.1 Å². The molecule has 1 spiro atoms. The van der Waals surface area contributed by atoms with Crippen molar-refractivity contribution >= 4 is 64.2 Å². The van der Waals surface area contributed by atoms with Crippen LogP contribution in [0.15, 0.2) is 56.8 Å². The maximum atomic E-state index is 6.48. The molecule has 0 unspecified atom stereocenters. The average molecular weight is 954 g/mol. The summed E-state index contributed by atoms with van der Waals surface area (Å²) in [6.45, 7) is 9.52. The summed E-state index contributed by atoms with van der Waals surface area (Å²) in [5.74, 6) is 5.62. The molecule has 0 aromatic carbocycles. The fraction of sp³-hybridized carbons (Fsp3) is 0.581. The Hall–Kier alpha value is -4.19. The summed E-state index contributed by atoms with van der Waals surface area (Å²) in [5.41, 5.74) is 18.9. The van der Waals surface area contributed by atoms with Crippen LogP contribution in [-0.2, 0) is 23.7 Å². The Kier molecular flexibility index (Phi) is 14.4. The summed E-state index contributed by atoms with van der Waals surface area (Å²) >= 11 is 8.70. The molecule has 0 bridgehead atoms. The molecule has 6 aliphatic rings. The number of nitrogen functional groups attached to an aromatic ring is 2. The number of nitrogens with zero attached hydrogens (tertiary/aromatic N) is 9. The van der Waals surface area contributed by atoms with Crippen molar-refractivity contribution < 1.29 is 33.2 Å². The predicted molar refractivity (Wildman–Crippen MR) is 247 cm³/mol. The number of hydrogen-bond donors (Lipinski definition) is 3. The maximum Gasteiger partial charge on any atom is 0.175 e. The zero-order chi connectivity index (χ0) is 45.1. The van der Waals surface area contributed by atoms with Gasteiger partial charge in [0.2, 0.25) is 0 Å². The standard InChI is InChI=1S/C26H37N7O4S.C17H20ClN5O3S/c1-16-22(27)26(14-37-16)4-7-32(8-5-26)20-10-30-25(23(28)31-20)38-19-3-6-29-24-21(19)36-13-18-9-17(11-33(18)24)12-35-15-34-2;1-24-9-25-7-10-4-11-8-26-14-12(2-3-20-16(14)23(11)6-10)27-17-15(19)22-13(18)5-21-17/h3,6,10,16-18,22H,4-5,7-9,11-15,27H2,1-2H3,(H2,28,31);2-3,5,10-11H,4,6-9H2,1H3,(H2,19,22)/t16-,17-,18-,22+;10-,11-/m00/s1. The van der Waals surface area contributed by atoms with Gasteiger partial charge in [-0.05, 0) is 44.7 Å². The van der Waals surface area contributed by atoms with Gasteiger partial charge in [-0.1, -0.05) is 35.1 Å². The van der Waals surface area contributed by atoms with E-state index in [1.807, 2.05) is 24.5 Å². The average Bonchev–Trinajstić information content (AvgIpc) is 4.01. The van der Waals surface area contributed by atoms with Gasteiger partial charge in [-0.15, -0.1) is 0 Å². The summed E-state index contributed by atoms with van der Waals surface area (Å²) in [5, 5.41) is 1.52. The Balaban J connectivity index is 0.000000174. The van der Waals surface area contributed by atoms with E-state index in [9.17, 15) is 0 Å². The van der Waals surface area contributed by atoms with Gasteiger partial charge in [-0.3, -0.25) is 0 Å². The molecule has 0 amide bonds. The lowest BCUT2D eigenvalue weighted by atomic mass is 9.73. The van der Waals surface area contributed by atoms with Gasteiger partial charge in [-0.25, -0.2) is 29.9 Å². The second-order valence-corrected chi connectivity index (χ2v) is 19.8. The van der Waals surface area contributed by atoms with Gasteiger partial charge in [0.25, 0.3) is 0 Å². The molecule has 10 rings (SSSR count). The number of aromatic nitrogens is 6. The first kappa shape index (κ1) is 45.9. The van der Waals surface area contributed by atoms with Gasteiger partial charge in [0, 0.05) is 76.1 Å². The summed E-state index contributed by atoms with van der Waals surface area (Å²) in [6.07, 6.45) is 11.0. The van der Waals surface area contributed by atoms with E-state index in [2.05, 4.69) is 41.6 Å². The van der Waals surface area contributed by atoms with Gasteiger partial charge in [0.05, 0.1) is 60.2 Å². The molecule has 22 heteroatoms. The minimum atomic E-state index is 0.0659. The van der Waals surface area contributed by atoms with Crippen molar-refractivity contribution in [2.45, 2.75) is 76.7 Å². The monoisotopic (exact) mass is 952 g/mol. The number of piperidine rings is 1. The third-order valence-corrected chi connectivity index (χ3v) is 15.3. The molecule has 4 aromatic rings. The van der Waals surface area contributed by atoms with Crippen molar-refractivity contribution in [3.63, 3.8) is 0 Å². The molecular formula is C43H57ClN12O7S2. The first-order chi connectivity index (χ1) is 31.6. The highest BCUT2D eigenvalue weighted by molar-refractivity contribution is 7.99. The second-order valence-electron chi connectivity index (χ2n) is 17.3. The lowest BCUT2D eigenvalue weighted by Gasteiger charge is -2.41. The molecule has 10 heterocycles. The van der Waals surface area contributed by atoms with Crippen molar-refractivity contribution in [2.75, 3.05) is 113 Å². The number of halogens is 1. The highest BCUT2D eigenvalue weighted by Gasteiger charge is 2.48. The number of hydrogen-bond acceptors (Lipinski definition) is 21. The Morgan fingerprint density at radius 2 is 1.32 bits per heavy atom. The van der Waals surface area contributed by atoms with Crippen LogP contribution in [0, 0.1) is 17.3 Å². The first-order valence-electron chi connectivity index (χ1n) is 21.9. The van der Waals surface area contributed by atoms with E-state index in [0.717, 1.165) is 97.2 Å². The highest BCUT2D eigenvalue weighted by Crippen LogP contribution is 2.48. The number of methoxy groups -OCH3 is 2. The Morgan fingerprint density at radius 3 is 1.82 bits per heavy atom. The molecule has 6 atom stereocenters. The zero-order valence-corrected chi connectivity index (χ0v) is 39.2. The van der Waals surface area contributed by atoms with Crippen LogP contribution >= 0.6 is 35.1 Å². The highest BCUT2D eigenvalue weighted by atomic mass is 35.5. The lowest BCUT2D eigenvalue weighted by Crippen LogP contribution is -2.50. The smallest absolute Gasteiger partial charge is 0.175 e. The normalized spacial score (nSPS) is 25.0. The number of anilines is 5. The van der Waals surface area contributed by atoms with Crippen LogP contribution in [0.3, 0.4) is 0 Å². The number of rotatable bonds is 13. The molecule has 4 saturated heterocycles. The van der Waals surface area contributed by atoms with Crippen LogP contribution in [0.2, 0.25) is 5.15 Å². The molecule has 19 nitrogen and oxygen atoms in total. The molecule has 0 saturated carbocycles. The molecule has 0 aliphatic carbocycles. The SMILES string of the molecule is COCOC[C@H]1C[C@H]2COc3c(Sc4ncc(Cl)nc4N)ccnc3N2C1.COCOC[C@H]1C[C@H]2COc3c(Sc4ncc(N5CCC6(CC5)CO[C@@H](C)[C@H]6N)nc4N)ccnc3N2C1. The summed E-state index contributed by atoms with van der Waals surface area (Å²) in [6, 6.07) is 4.54. The van der Waals surface area contributed by atoms with Crippen LogP contribution in [0.5, 0.6) is 11.5 Å². The van der Waals surface area contributed by atoms with Crippen LogP contribution in [0.25, 0.3) is 0 Å². The van der Waals surface area contributed by atoms with Crippen molar-refractivity contribution in [2.24, 2.45) is 23.0 Å². The molecular weight excluding hydrogens is 896 g/mol. The van der Waals surface area contributed by atoms with E-state index in [4.69, 9.17) is 71.9 Å². The first-order valence-corrected chi connectivity index (χ1v) is 23.9. The van der Waals surface area contributed by atoms with Crippen LogP contribution < -0.4 is 41.4 Å². The largest absolute Gasteiger partial charge is 0.486 e. The molecule has 6 N–H and O–H groups in total. The maximum absolute atomic E-state index is 6.48. The van der Waals surface area contributed by atoms with E-state index in [0.29, 0.717) is 85.6 Å². The molecule has 65 heavy (non-hydrogen) atoms. The third-order valence-electron chi connectivity index (χ3n) is 13.0. The number of pyridine rings is 2. The number of fused-ring (bicyclic) bond motifs is 6. The van der Waals surface area contributed by atoms with Gasteiger partial charge < -0.3 is 65.1 Å². The van der Waals surface area contributed by atoms with E-state index in [1.54, 1.807) is 20.4 Å². The second kappa shape index (κ2) is 20.4. The van der Waals surface area contributed by atoms with E-state index in [1.165, 1.54) is 29.7 Å². The summed E-state index contributed by atoms with van der Waals surface area (Å²) in [7, 11) is 3.27. The number of nitrogens with two attached hydrogens (primary N) is 3. The fourth-order valence-electron chi connectivity index (χ4n) is 9.66. The Morgan fingerprint density at radius 1 is 0.785 bits per heavy atom. The Labute approximate surface area is 392 Å². The van der Waals surface area contributed by atoms with E-state index < -0.39 is 0 Å². The summed E-state index contributed by atoms with van der Waals surface area (Å²) < 4.78 is 39.3. The van der Waals surface area contributed by atoms with Crippen LogP contribution in [-0.4, -0.2) is 141 Å². The molecule has 4 fully saturated rings. The minimum absolute atomic E-state index is 0.0659. The van der Waals surface area contributed by atoms with Gasteiger partial charge >= 0.3 is 0 Å². The topological polar surface area (TPSA) is 230 Å². The van der Waals surface area contributed by atoms with Crippen LogP contribution in [0.1, 0.15) is 32.6 Å².